The van der Waals surface area contributed by atoms with Crippen LogP contribution in [0.4, 0.5) is 0 Å². The highest BCUT2D eigenvalue weighted by Crippen LogP contribution is 2.14. The Kier molecular flexibility index (Phi) is 3.28. The molecule has 0 unspecified atom stereocenters. The van der Waals surface area contributed by atoms with Crippen LogP contribution in [0.2, 0.25) is 0 Å². The Hall–Kier alpha value is -0.520. The average molecular weight is 136 g/mol. The minimum Gasteiger partial charge on any atom is -0.0845 e. The van der Waals surface area contributed by atoms with Crippen LogP contribution in [0.25, 0.3) is 0 Å². The summed E-state index contributed by atoms with van der Waals surface area (Å²) in [6, 6.07) is 0. The maximum Gasteiger partial charge on any atom is -0.0317 e. The van der Waals surface area contributed by atoms with E-state index >= 15 is 0 Å². The molecule has 0 N–H and O–H groups in total. The molecule has 0 nitrogen and oxygen atoms in total. The molecule has 56 valence electrons. The Bertz CT molecular complexity index is 140. The second kappa shape index (κ2) is 4.32. The van der Waals surface area contributed by atoms with Crippen LogP contribution in [0.5, 0.6) is 0 Å². The van der Waals surface area contributed by atoms with Gasteiger partial charge in [0.15, 0.2) is 0 Å². The highest BCUT2D eigenvalue weighted by molar-refractivity contribution is 5.13. The van der Waals surface area contributed by atoms with Crippen molar-refractivity contribution in [3.05, 3.63) is 23.8 Å². The normalized spacial score (nSPS) is 19.5. The van der Waals surface area contributed by atoms with Gasteiger partial charge in [0.1, 0.15) is 0 Å². The Balaban J connectivity index is 2.49. The summed E-state index contributed by atoms with van der Waals surface area (Å²) in [6.45, 7) is 2.24. The van der Waals surface area contributed by atoms with E-state index in [2.05, 4.69) is 25.2 Å². The molecule has 1 rings (SSSR count). The van der Waals surface area contributed by atoms with Gasteiger partial charge in [-0.3, -0.25) is 0 Å². The average Bonchev–Trinajstić information content (AvgIpc) is 1.87. The highest BCUT2D eigenvalue weighted by Gasteiger charge is 1.94. The van der Waals surface area contributed by atoms with E-state index < -0.39 is 0 Å². The first-order chi connectivity index (χ1) is 4.93. The Morgan fingerprint density at radius 3 is 3.10 bits per heavy atom. The van der Waals surface area contributed by atoms with Crippen molar-refractivity contribution in [3.63, 3.8) is 0 Å². The highest BCUT2D eigenvalue weighted by atomic mass is 14.0. The summed E-state index contributed by atoms with van der Waals surface area (Å²) in [6.07, 6.45) is 13.3. The molecule has 0 amide bonds. The van der Waals surface area contributed by atoms with Crippen molar-refractivity contribution in [3.8, 4) is 0 Å². The number of allylic oxidation sites excluding steroid dienone is 4. The summed E-state index contributed by atoms with van der Waals surface area (Å²) in [5.41, 5.74) is 1.61. The second-order valence-electron chi connectivity index (χ2n) is 2.85. The zero-order valence-corrected chi connectivity index (χ0v) is 6.77. The molecule has 0 saturated carbocycles. The maximum atomic E-state index is 2.28. The zero-order chi connectivity index (χ0) is 7.23. The standard InChI is InChI=1S/C10H16/c1-2-10-8-6-4-3-5-7-9-10/h4,6,8H,2-3,5,7,9H2,1H3. The Morgan fingerprint density at radius 1 is 1.40 bits per heavy atom. The third-order valence-corrected chi connectivity index (χ3v) is 2.04. The van der Waals surface area contributed by atoms with E-state index in [1.807, 2.05) is 0 Å². The molecule has 0 aromatic carbocycles. The SMILES string of the molecule is CCC1=CC=CCCCC1. The quantitative estimate of drug-likeness (QED) is 0.518. The lowest BCUT2D eigenvalue weighted by Gasteiger charge is -2.04. The van der Waals surface area contributed by atoms with Gasteiger partial charge >= 0.3 is 0 Å². The number of rotatable bonds is 1. The molecule has 1 aliphatic rings. The van der Waals surface area contributed by atoms with E-state index in [0.717, 1.165) is 0 Å². The van der Waals surface area contributed by atoms with Crippen molar-refractivity contribution >= 4 is 0 Å². The second-order valence-corrected chi connectivity index (χ2v) is 2.85. The molecule has 0 aliphatic heterocycles. The van der Waals surface area contributed by atoms with Gasteiger partial charge in [0.2, 0.25) is 0 Å². The molecular weight excluding hydrogens is 120 g/mol. The minimum atomic E-state index is 1.23. The fraction of sp³-hybridized carbons (Fsp3) is 0.600. The third-order valence-electron chi connectivity index (χ3n) is 2.04. The molecule has 10 heavy (non-hydrogen) atoms. The number of hydrogen-bond donors (Lipinski definition) is 0. The summed E-state index contributed by atoms with van der Waals surface area (Å²) < 4.78 is 0. The first kappa shape index (κ1) is 7.59. The molecule has 1 aliphatic carbocycles. The van der Waals surface area contributed by atoms with Gasteiger partial charge in [-0.15, -0.1) is 0 Å². The fourth-order valence-electron chi connectivity index (χ4n) is 1.29. The van der Waals surface area contributed by atoms with Crippen molar-refractivity contribution in [2.45, 2.75) is 39.0 Å². The van der Waals surface area contributed by atoms with Crippen LogP contribution >= 0.6 is 0 Å². The van der Waals surface area contributed by atoms with Crippen LogP contribution in [0.15, 0.2) is 23.8 Å². The molecule has 0 radical (unpaired) electrons. The lowest BCUT2D eigenvalue weighted by Crippen LogP contribution is -1.84. The first-order valence-corrected chi connectivity index (χ1v) is 4.28. The summed E-state index contributed by atoms with van der Waals surface area (Å²) in [5.74, 6) is 0. The minimum absolute atomic E-state index is 1.23. The lowest BCUT2D eigenvalue weighted by atomic mass is 10.0. The van der Waals surface area contributed by atoms with Gasteiger partial charge in [-0.1, -0.05) is 30.7 Å². The molecule has 0 saturated heterocycles. The van der Waals surface area contributed by atoms with E-state index in [1.54, 1.807) is 5.57 Å². The molecule has 0 spiro atoms. The molecule has 0 heteroatoms. The van der Waals surface area contributed by atoms with Crippen molar-refractivity contribution in [2.75, 3.05) is 0 Å². The van der Waals surface area contributed by atoms with Crippen molar-refractivity contribution in [1.29, 1.82) is 0 Å². The van der Waals surface area contributed by atoms with Crippen molar-refractivity contribution in [2.24, 2.45) is 0 Å². The molecule has 0 fully saturated rings. The van der Waals surface area contributed by atoms with E-state index in [1.165, 1.54) is 32.1 Å². The summed E-state index contributed by atoms with van der Waals surface area (Å²) in [5, 5.41) is 0. The molecule has 0 bridgehead atoms. The monoisotopic (exact) mass is 136 g/mol. The first-order valence-electron chi connectivity index (χ1n) is 4.28. The van der Waals surface area contributed by atoms with Crippen molar-refractivity contribution < 1.29 is 0 Å². The molecule has 0 heterocycles. The van der Waals surface area contributed by atoms with Crippen LogP contribution in [0.3, 0.4) is 0 Å². The van der Waals surface area contributed by atoms with Gasteiger partial charge in [0.05, 0.1) is 0 Å². The van der Waals surface area contributed by atoms with Gasteiger partial charge in [-0.25, -0.2) is 0 Å². The Labute approximate surface area is 63.6 Å². The van der Waals surface area contributed by atoms with Gasteiger partial charge in [0, 0.05) is 0 Å². The molecular formula is C10H16. The fourth-order valence-corrected chi connectivity index (χ4v) is 1.29. The predicted octanol–water partition coefficient (Wildman–Crippen LogP) is 3.45. The molecule has 0 atom stereocenters. The molecule has 0 aromatic rings. The summed E-state index contributed by atoms with van der Waals surface area (Å²) in [7, 11) is 0. The van der Waals surface area contributed by atoms with Gasteiger partial charge in [0.25, 0.3) is 0 Å². The van der Waals surface area contributed by atoms with E-state index in [0.29, 0.717) is 0 Å². The summed E-state index contributed by atoms with van der Waals surface area (Å²) in [4.78, 5) is 0. The predicted molar refractivity (Wildman–Crippen MR) is 46.0 cm³/mol. The zero-order valence-electron chi connectivity index (χ0n) is 6.77. The smallest absolute Gasteiger partial charge is 0.0317 e. The van der Waals surface area contributed by atoms with Crippen LogP contribution in [0, 0.1) is 0 Å². The van der Waals surface area contributed by atoms with E-state index in [-0.39, 0.29) is 0 Å². The van der Waals surface area contributed by atoms with E-state index in [4.69, 9.17) is 0 Å². The molecule has 0 aromatic heterocycles. The largest absolute Gasteiger partial charge is 0.0845 e. The topological polar surface area (TPSA) is 0 Å². The third kappa shape index (κ3) is 2.38. The Morgan fingerprint density at radius 2 is 2.30 bits per heavy atom. The summed E-state index contributed by atoms with van der Waals surface area (Å²) >= 11 is 0. The van der Waals surface area contributed by atoms with Crippen LogP contribution < -0.4 is 0 Å². The van der Waals surface area contributed by atoms with Crippen molar-refractivity contribution in [1.82, 2.24) is 0 Å². The number of hydrogen-bond acceptors (Lipinski definition) is 0. The lowest BCUT2D eigenvalue weighted by molar-refractivity contribution is 0.723. The van der Waals surface area contributed by atoms with E-state index in [9.17, 15) is 0 Å². The van der Waals surface area contributed by atoms with Gasteiger partial charge in [-0.2, -0.15) is 0 Å². The van der Waals surface area contributed by atoms with Crippen LogP contribution in [0.1, 0.15) is 39.0 Å². The van der Waals surface area contributed by atoms with Crippen LogP contribution in [-0.4, -0.2) is 0 Å². The van der Waals surface area contributed by atoms with Gasteiger partial charge < -0.3 is 0 Å². The maximum absolute atomic E-state index is 2.28. The van der Waals surface area contributed by atoms with Crippen LogP contribution in [-0.2, 0) is 0 Å². The van der Waals surface area contributed by atoms with Gasteiger partial charge in [-0.05, 0) is 32.1 Å².